The topological polar surface area (TPSA) is 151 Å². The van der Waals surface area contributed by atoms with E-state index in [0.29, 0.717) is 17.0 Å². The van der Waals surface area contributed by atoms with Crippen LogP contribution in [0.15, 0.2) is 76.3 Å². The zero-order valence-electron chi connectivity index (χ0n) is 19.5. The van der Waals surface area contributed by atoms with E-state index in [1.54, 1.807) is 18.4 Å². The number of ether oxygens (including phenoxy) is 2. The number of nitrogens with one attached hydrogen (secondary N) is 2. The number of amides is 1. The number of hydrogen-bond donors (Lipinski definition) is 2. The van der Waals surface area contributed by atoms with Crippen molar-refractivity contribution in [3.05, 3.63) is 77.6 Å². The lowest BCUT2D eigenvalue weighted by Crippen LogP contribution is -2.27. The SMILES string of the molecule is COC(=O)NC(=Nc1ccc(S(=O)(=O)Oc2cccc(C#N)c2)cc1C1C=CC(OC)=CC1=N)SC. The third-order valence-electron chi connectivity index (χ3n) is 4.92. The van der Waals surface area contributed by atoms with Crippen LogP contribution >= 0.6 is 11.8 Å². The summed E-state index contributed by atoms with van der Waals surface area (Å²) in [6, 6.07) is 11.9. The number of alkyl carbamates (subject to hydrolysis) is 1. The molecule has 1 amide bonds. The average Bonchev–Trinajstić information content (AvgIpc) is 2.88. The van der Waals surface area contributed by atoms with Gasteiger partial charge >= 0.3 is 16.2 Å². The molecule has 2 N–H and O–H groups in total. The van der Waals surface area contributed by atoms with Crippen LogP contribution in [0.4, 0.5) is 10.5 Å². The van der Waals surface area contributed by atoms with Gasteiger partial charge in [0.15, 0.2) is 5.17 Å². The number of allylic oxidation sites excluding steroid dienone is 3. The van der Waals surface area contributed by atoms with Gasteiger partial charge in [-0.05, 0) is 54.3 Å². The molecule has 0 aromatic heterocycles. The largest absolute Gasteiger partial charge is 0.497 e. The smallest absolute Gasteiger partial charge is 0.412 e. The summed E-state index contributed by atoms with van der Waals surface area (Å²) in [4.78, 5) is 16.0. The normalized spacial score (nSPS) is 15.5. The maximum atomic E-state index is 13.1. The molecule has 10 nitrogen and oxygen atoms in total. The number of rotatable bonds is 6. The molecular weight excluding hydrogens is 504 g/mol. The average molecular weight is 527 g/mol. The van der Waals surface area contributed by atoms with Crippen LogP contribution in [-0.2, 0) is 19.6 Å². The number of thioether (sulfide) groups is 1. The van der Waals surface area contributed by atoms with E-state index in [9.17, 15) is 13.2 Å². The molecule has 36 heavy (non-hydrogen) atoms. The summed E-state index contributed by atoms with van der Waals surface area (Å²) in [6.45, 7) is 0. The van der Waals surface area contributed by atoms with Crippen LogP contribution in [0.5, 0.6) is 5.75 Å². The molecule has 1 aliphatic carbocycles. The highest BCUT2D eigenvalue weighted by molar-refractivity contribution is 8.13. The second-order valence-corrected chi connectivity index (χ2v) is 9.52. The van der Waals surface area contributed by atoms with E-state index in [1.165, 1.54) is 62.8 Å². The summed E-state index contributed by atoms with van der Waals surface area (Å²) in [5.41, 5.74) is 1.11. The number of benzene rings is 2. The first-order valence-corrected chi connectivity index (χ1v) is 12.9. The van der Waals surface area contributed by atoms with E-state index in [-0.39, 0.29) is 27.1 Å². The van der Waals surface area contributed by atoms with Crippen molar-refractivity contribution >= 4 is 44.5 Å². The monoisotopic (exact) mass is 526 g/mol. The molecule has 0 heterocycles. The van der Waals surface area contributed by atoms with Crippen molar-refractivity contribution in [2.75, 3.05) is 20.5 Å². The van der Waals surface area contributed by atoms with Gasteiger partial charge in [0, 0.05) is 17.7 Å². The lowest BCUT2D eigenvalue weighted by atomic mass is 9.89. The predicted octanol–water partition coefficient (Wildman–Crippen LogP) is 4.24. The first kappa shape index (κ1) is 26.5. The number of nitriles is 1. The Morgan fingerprint density at radius 1 is 1.22 bits per heavy atom. The molecule has 0 saturated heterocycles. The Labute approximate surface area is 212 Å². The van der Waals surface area contributed by atoms with Gasteiger partial charge in [-0.3, -0.25) is 5.32 Å². The molecule has 1 atom stereocenters. The Hall–Kier alpha value is -4.08. The molecule has 186 valence electrons. The Morgan fingerprint density at radius 3 is 2.64 bits per heavy atom. The quantitative estimate of drug-likeness (QED) is 0.322. The summed E-state index contributed by atoms with van der Waals surface area (Å²) in [5, 5.41) is 20.2. The zero-order valence-corrected chi connectivity index (χ0v) is 21.1. The molecule has 0 radical (unpaired) electrons. The molecule has 0 aliphatic heterocycles. The molecule has 0 saturated carbocycles. The molecular formula is C24H22N4O6S2. The Bertz CT molecular complexity index is 1420. The van der Waals surface area contributed by atoms with Crippen molar-refractivity contribution in [1.29, 1.82) is 10.7 Å². The van der Waals surface area contributed by atoms with Gasteiger partial charge in [0.2, 0.25) is 0 Å². The van der Waals surface area contributed by atoms with Crippen molar-refractivity contribution in [3.8, 4) is 11.8 Å². The number of carbonyl (C=O) groups is 1. The summed E-state index contributed by atoms with van der Waals surface area (Å²) in [7, 11) is -1.59. The fourth-order valence-corrected chi connectivity index (χ4v) is 4.52. The van der Waals surface area contributed by atoms with E-state index < -0.39 is 22.1 Å². The van der Waals surface area contributed by atoms with Crippen molar-refractivity contribution in [2.45, 2.75) is 10.8 Å². The van der Waals surface area contributed by atoms with E-state index in [2.05, 4.69) is 15.0 Å². The van der Waals surface area contributed by atoms with Gasteiger partial charge in [-0.2, -0.15) is 13.7 Å². The van der Waals surface area contributed by atoms with Crippen LogP contribution in [-0.4, -0.2) is 45.9 Å². The Morgan fingerprint density at radius 2 is 2.00 bits per heavy atom. The van der Waals surface area contributed by atoms with E-state index in [4.69, 9.17) is 19.6 Å². The minimum Gasteiger partial charge on any atom is -0.497 e. The number of nitrogens with zero attached hydrogens (tertiary/aromatic N) is 2. The molecule has 2 aromatic carbocycles. The van der Waals surface area contributed by atoms with Gasteiger partial charge in [-0.15, -0.1) is 0 Å². The maximum Gasteiger partial charge on any atom is 0.412 e. The van der Waals surface area contributed by atoms with Gasteiger partial charge in [-0.25, -0.2) is 9.79 Å². The lowest BCUT2D eigenvalue weighted by Gasteiger charge is -2.20. The van der Waals surface area contributed by atoms with Gasteiger partial charge < -0.3 is 19.1 Å². The number of carbonyl (C=O) groups excluding carboxylic acids is 1. The molecule has 0 fully saturated rings. The fourth-order valence-electron chi connectivity index (χ4n) is 3.19. The fraction of sp³-hybridized carbons (Fsp3) is 0.167. The number of methoxy groups -OCH3 is 2. The number of amidine groups is 1. The van der Waals surface area contributed by atoms with Crippen LogP contribution in [0.3, 0.4) is 0 Å². The van der Waals surface area contributed by atoms with Crippen LogP contribution < -0.4 is 9.50 Å². The zero-order chi connectivity index (χ0) is 26.3. The Kier molecular flexibility index (Phi) is 8.52. The van der Waals surface area contributed by atoms with Crippen molar-refractivity contribution in [3.63, 3.8) is 0 Å². The molecule has 0 spiro atoms. The Balaban J connectivity index is 2.08. The summed E-state index contributed by atoms with van der Waals surface area (Å²) < 4.78 is 41.2. The summed E-state index contributed by atoms with van der Waals surface area (Å²) in [6.07, 6.45) is 5.87. The van der Waals surface area contributed by atoms with E-state index >= 15 is 0 Å². The highest BCUT2D eigenvalue weighted by Crippen LogP contribution is 2.35. The molecule has 2 aromatic rings. The second-order valence-electron chi connectivity index (χ2n) is 7.18. The standard InChI is InChI=1S/C24H22N4O6S2/c1-32-16-7-9-19(21(26)12-16)20-13-18(8-10-22(20)27-23(35-3)28-24(29)33-2)36(30,31)34-17-6-4-5-15(11-17)14-25/h4-13,19,26H,1-3H3,(H,27,28,29). The van der Waals surface area contributed by atoms with Crippen LogP contribution in [0.25, 0.3) is 0 Å². The predicted molar refractivity (Wildman–Crippen MR) is 136 cm³/mol. The van der Waals surface area contributed by atoms with Crippen LogP contribution in [0, 0.1) is 16.7 Å². The molecule has 1 unspecified atom stereocenters. The first-order chi connectivity index (χ1) is 17.2. The van der Waals surface area contributed by atoms with Crippen molar-refractivity contribution in [1.82, 2.24) is 5.32 Å². The summed E-state index contributed by atoms with van der Waals surface area (Å²) >= 11 is 1.15. The van der Waals surface area contributed by atoms with E-state index in [0.717, 1.165) is 11.8 Å². The van der Waals surface area contributed by atoms with Gasteiger partial charge in [0.25, 0.3) is 0 Å². The molecule has 0 bridgehead atoms. The van der Waals surface area contributed by atoms with Crippen molar-refractivity contribution in [2.24, 2.45) is 4.99 Å². The third-order valence-corrected chi connectivity index (χ3v) is 6.75. The molecule has 3 rings (SSSR count). The number of hydrogen-bond acceptors (Lipinski definition) is 10. The minimum atomic E-state index is -4.29. The molecule has 12 heteroatoms. The maximum absolute atomic E-state index is 13.1. The van der Waals surface area contributed by atoms with Gasteiger partial charge in [-0.1, -0.05) is 23.9 Å². The molecule has 1 aliphatic rings. The minimum absolute atomic E-state index is 0.0115. The van der Waals surface area contributed by atoms with Gasteiger partial charge in [0.1, 0.15) is 16.4 Å². The number of aliphatic imine (C=N–C) groups is 1. The van der Waals surface area contributed by atoms with E-state index in [1.807, 2.05) is 6.07 Å². The second kappa shape index (κ2) is 11.6. The highest BCUT2D eigenvalue weighted by atomic mass is 32.2. The summed E-state index contributed by atoms with van der Waals surface area (Å²) in [5.74, 6) is -0.188. The van der Waals surface area contributed by atoms with Gasteiger partial charge in [0.05, 0.1) is 31.5 Å². The highest BCUT2D eigenvalue weighted by Gasteiger charge is 2.25. The van der Waals surface area contributed by atoms with Crippen LogP contribution in [0.2, 0.25) is 0 Å². The van der Waals surface area contributed by atoms with Crippen LogP contribution in [0.1, 0.15) is 17.0 Å². The lowest BCUT2D eigenvalue weighted by molar-refractivity contribution is 0.177. The first-order valence-electron chi connectivity index (χ1n) is 10.3. The third kappa shape index (κ3) is 6.32. The van der Waals surface area contributed by atoms with Crippen molar-refractivity contribution < 1.29 is 26.9 Å².